The average molecular weight is 235 g/mol. The van der Waals surface area contributed by atoms with Crippen LogP contribution in [-0.2, 0) is 24.1 Å². The van der Waals surface area contributed by atoms with Gasteiger partial charge in [-0.05, 0) is 31.1 Å². The van der Waals surface area contributed by atoms with Gasteiger partial charge in [-0.15, -0.1) is 10.2 Å². The molecule has 4 heteroatoms. The Morgan fingerprint density at radius 3 is 2.88 bits per heavy atom. The summed E-state index contributed by atoms with van der Waals surface area (Å²) in [5.41, 5.74) is 0. The zero-order valence-electron chi connectivity index (χ0n) is 10.6. The second-order valence-electron chi connectivity index (χ2n) is 5.54. The average Bonchev–Trinajstić information content (AvgIpc) is 2.73. The molecule has 3 heterocycles. The van der Waals surface area contributed by atoms with E-state index >= 15 is 0 Å². The van der Waals surface area contributed by atoms with Gasteiger partial charge in [0.2, 0.25) is 0 Å². The molecule has 1 fully saturated rings. The van der Waals surface area contributed by atoms with Crippen molar-refractivity contribution >= 4 is 0 Å². The molecule has 2 aliphatic rings. The lowest BCUT2D eigenvalue weighted by atomic mass is 9.95. The van der Waals surface area contributed by atoms with E-state index in [1.807, 2.05) is 0 Å². The Morgan fingerprint density at radius 2 is 2.06 bits per heavy atom. The summed E-state index contributed by atoms with van der Waals surface area (Å²) in [6.07, 6.45) is 5.81. The number of ether oxygens (including phenoxy) is 1. The highest BCUT2D eigenvalue weighted by Crippen LogP contribution is 2.23. The first-order valence-electron chi connectivity index (χ1n) is 6.81. The predicted octanol–water partition coefficient (Wildman–Crippen LogP) is 1.83. The topological polar surface area (TPSA) is 39.9 Å². The van der Waals surface area contributed by atoms with Crippen molar-refractivity contribution in [2.75, 3.05) is 13.2 Å². The van der Waals surface area contributed by atoms with Crippen molar-refractivity contribution in [3.8, 4) is 0 Å². The SMILES string of the molecule is CC1CCn2c(nnc2CC2CCOCC2)C1. The maximum Gasteiger partial charge on any atom is 0.133 e. The molecule has 0 N–H and O–H groups in total. The molecule has 1 aromatic rings. The van der Waals surface area contributed by atoms with Gasteiger partial charge in [0.1, 0.15) is 11.6 Å². The van der Waals surface area contributed by atoms with Crippen molar-refractivity contribution in [2.24, 2.45) is 11.8 Å². The summed E-state index contributed by atoms with van der Waals surface area (Å²) in [5.74, 6) is 3.92. The third-order valence-corrected chi connectivity index (χ3v) is 4.09. The highest BCUT2D eigenvalue weighted by molar-refractivity contribution is 5.01. The molecule has 1 aromatic heterocycles. The third kappa shape index (κ3) is 2.37. The molecular weight excluding hydrogens is 214 g/mol. The minimum atomic E-state index is 0.747. The van der Waals surface area contributed by atoms with Gasteiger partial charge >= 0.3 is 0 Å². The molecule has 0 aromatic carbocycles. The van der Waals surface area contributed by atoms with Crippen molar-refractivity contribution < 1.29 is 4.74 Å². The summed E-state index contributed by atoms with van der Waals surface area (Å²) in [4.78, 5) is 0. The molecule has 0 saturated carbocycles. The molecule has 0 amide bonds. The molecule has 1 unspecified atom stereocenters. The second kappa shape index (κ2) is 4.77. The molecule has 4 nitrogen and oxygen atoms in total. The number of rotatable bonds is 2. The van der Waals surface area contributed by atoms with Crippen molar-refractivity contribution in [1.29, 1.82) is 0 Å². The van der Waals surface area contributed by atoms with Gasteiger partial charge in [0.25, 0.3) is 0 Å². The van der Waals surface area contributed by atoms with E-state index in [1.54, 1.807) is 0 Å². The first-order chi connectivity index (χ1) is 8.33. The van der Waals surface area contributed by atoms with Crippen LogP contribution in [0, 0.1) is 11.8 Å². The van der Waals surface area contributed by atoms with E-state index in [-0.39, 0.29) is 0 Å². The summed E-state index contributed by atoms with van der Waals surface area (Å²) in [6, 6.07) is 0. The van der Waals surface area contributed by atoms with Crippen LogP contribution < -0.4 is 0 Å². The van der Waals surface area contributed by atoms with Crippen molar-refractivity contribution in [1.82, 2.24) is 14.8 Å². The molecule has 1 saturated heterocycles. The highest BCUT2D eigenvalue weighted by atomic mass is 16.5. The fourth-order valence-electron chi connectivity index (χ4n) is 2.90. The maximum atomic E-state index is 5.40. The zero-order valence-corrected chi connectivity index (χ0v) is 10.6. The lowest BCUT2D eigenvalue weighted by Crippen LogP contribution is -2.22. The summed E-state index contributed by atoms with van der Waals surface area (Å²) in [6.45, 7) is 5.25. The molecule has 3 rings (SSSR count). The van der Waals surface area contributed by atoms with E-state index in [1.165, 1.54) is 30.9 Å². The van der Waals surface area contributed by atoms with Crippen LogP contribution in [0.2, 0.25) is 0 Å². The van der Waals surface area contributed by atoms with Crippen molar-refractivity contribution in [2.45, 2.75) is 45.6 Å². The van der Waals surface area contributed by atoms with Crippen molar-refractivity contribution in [3.05, 3.63) is 11.6 Å². The van der Waals surface area contributed by atoms with Crippen molar-refractivity contribution in [3.63, 3.8) is 0 Å². The van der Waals surface area contributed by atoms with E-state index in [4.69, 9.17) is 4.74 Å². The van der Waals surface area contributed by atoms with Crippen LogP contribution in [0.5, 0.6) is 0 Å². The Morgan fingerprint density at radius 1 is 1.24 bits per heavy atom. The smallest absolute Gasteiger partial charge is 0.133 e. The standard InChI is InChI=1S/C13H21N3O/c1-10-2-5-16-12(8-10)14-15-13(16)9-11-3-6-17-7-4-11/h10-11H,2-9H2,1H3. The van der Waals surface area contributed by atoms with Crippen LogP contribution >= 0.6 is 0 Å². The number of fused-ring (bicyclic) bond motifs is 1. The predicted molar refractivity (Wildman–Crippen MR) is 64.8 cm³/mol. The Bertz CT molecular complexity index is 382. The minimum Gasteiger partial charge on any atom is -0.381 e. The molecule has 1 atom stereocenters. The van der Waals surface area contributed by atoms with Gasteiger partial charge in [0.05, 0.1) is 0 Å². The molecule has 17 heavy (non-hydrogen) atoms. The zero-order chi connectivity index (χ0) is 11.7. The van der Waals surface area contributed by atoms with Crippen LogP contribution in [0.1, 0.15) is 37.8 Å². The molecule has 0 bridgehead atoms. The normalized spacial score (nSPS) is 25.8. The molecule has 0 radical (unpaired) electrons. The monoisotopic (exact) mass is 235 g/mol. The van der Waals surface area contributed by atoms with Crippen LogP contribution in [0.3, 0.4) is 0 Å². The Balaban J connectivity index is 1.71. The van der Waals surface area contributed by atoms with Gasteiger partial charge in [-0.2, -0.15) is 0 Å². The van der Waals surface area contributed by atoms with Crippen LogP contribution in [0.15, 0.2) is 0 Å². The summed E-state index contributed by atoms with van der Waals surface area (Å²) in [7, 11) is 0. The lowest BCUT2D eigenvalue weighted by Gasteiger charge is -2.24. The Kier molecular flexibility index (Phi) is 3.14. The quantitative estimate of drug-likeness (QED) is 0.785. The van der Waals surface area contributed by atoms with Gasteiger partial charge < -0.3 is 9.30 Å². The molecule has 2 aliphatic heterocycles. The summed E-state index contributed by atoms with van der Waals surface area (Å²) < 4.78 is 7.76. The molecule has 94 valence electrons. The van der Waals surface area contributed by atoms with E-state index in [9.17, 15) is 0 Å². The number of hydrogen-bond acceptors (Lipinski definition) is 3. The fraction of sp³-hybridized carbons (Fsp3) is 0.846. The Labute approximate surface area is 102 Å². The van der Waals surface area contributed by atoms with Crippen LogP contribution in [-0.4, -0.2) is 28.0 Å². The van der Waals surface area contributed by atoms with E-state index in [0.717, 1.165) is 44.4 Å². The summed E-state index contributed by atoms with van der Waals surface area (Å²) in [5, 5.41) is 8.75. The maximum absolute atomic E-state index is 5.40. The summed E-state index contributed by atoms with van der Waals surface area (Å²) >= 11 is 0. The first kappa shape index (κ1) is 11.2. The van der Waals surface area contributed by atoms with Crippen LogP contribution in [0.4, 0.5) is 0 Å². The van der Waals surface area contributed by atoms with Crippen LogP contribution in [0.25, 0.3) is 0 Å². The van der Waals surface area contributed by atoms with Gasteiger partial charge in [-0.25, -0.2) is 0 Å². The second-order valence-corrected chi connectivity index (χ2v) is 5.54. The number of hydrogen-bond donors (Lipinski definition) is 0. The highest BCUT2D eigenvalue weighted by Gasteiger charge is 2.23. The van der Waals surface area contributed by atoms with Gasteiger partial charge in [0, 0.05) is 32.6 Å². The molecule has 0 aliphatic carbocycles. The first-order valence-corrected chi connectivity index (χ1v) is 6.81. The molecular formula is C13H21N3O. The van der Waals surface area contributed by atoms with E-state index in [0.29, 0.717) is 0 Å². The molecule has 0 spiro atoms. The van der Waals surface area contributed by atoms with Gasteiger partial charge in [-0.3, -0.25) is 0 Å². The van der Waals surface area contributed by atoms with Gasteiger partial charge in [0.15, 0.2) is 0 Å². The number of aromatic nitrogens is 3. The minimum absolute atomic E-state index is 0.747. The number of nitrogens with zero attached hydrogens (tertiary/aromatic N) is 3. The Hall–Kier alpha value is -0.900. The van der Waals surface area contributed by atoms with Gasteiger partial charge in [-0.1, -0.05) is 6.92 Å². The van der Waals surface area contributed by atoms with E-state index in [2.05, 4.69) is 21.7 Å². The fourth-order valence-corrected chi connectivity index (χ4v) is 2.90. The third-order valence-electron chi connectivity index (χ3n) is 4.09. The lowest BCUT2D eigenvalue weighted by molar-refractivity contribution is 0.0656. The largest absolute Gasteiger partial charge is 0.381 e. The van der Waals surface area contributed by atoms with E-state index < -0.39 is 0 Å².